The number of hydrogen-bond acceptors (Lipinski definition) is 2. The third-order valence-corrected chi connectivity index (χ3v) is 6.82. The van der Waals surface area contributed by atoms with E-state index < -0.39 is 7.92 Å². The molecule has 0 amide bonds. The molecule has 146 valence electrons. The predicted octanol–water partition coefficient (Wildman–Crippen LogP) is 4.43. The van der Waals surface area contributed by atoms with E-state index in [0.717, 1.165) is 5.92 Å². The van der Waals surface area contributed by atoms with Crippen LogP contribution in [0.4, 0.5) is 0 Å². The first-order valence-corrected chi connectivity index (χ1v) is 10.5. The Morgan fingerprint density at radius 2 is 1.24 bits per heavy atom. The van der Waals surface area contributed by atoms with Crippen molar-refractivity contribution in [1.82, 2.24) is 0 Å². The number of carbonyl (C=O) groups is 1. The van der Waals surface area contributed by atoms with Gasteiger partial charge in [0.05, 0.1) is 13.5 Å². The first-order chi connectivity index (χ1) is 13.8. The SMILES string of the molecule is COC(=O)C[C]1[CH][CH][CH][C]1P(c1ccccc1)c1ccccc1.[CH]1[CH][CH][CH][CH]1.[Fe+2]. The predicted molar refractivity (Wildman–Crippen MR) is 117 cm³/mol. The molecule has 2 fully saturated rings. The summed E-state index contributed by atoms with van der Waals surface area (Å²) in [6.07, 6.45) is 16.5. The Labute approximate surface area is 188 Å². The standard InChI is InChI=1S/C20H18O2P.C5H5.Fe/c1-22-20(21)15-16-9-8-14-19(16)23(17-10-4-2-5-11-17)18-12-6-3-7-13-18;1-2-4-5-3-1;/h2-14H,15H2,1H3;1-5H;/q;;+2. The topological polar surface area (TPSA) is 26.3 Å². The summed E-state index contributed by atoms with van der Waals surface area (Å²) in [5.41, 5.74) is 1.22. The monoisotopic (exact) mass is 442 g/mol. The van der Waals surface area contributed by atoms with E-state index in [9.17, 15) is 4.79 Å². The number of carbonyl (C=O) groups excluding carboxylic acids is 1. The maximum Gasteiger partial charge on any atom is 2.00 e. The van der Waals surface area contributed by atoms with Gasteiger partial charge in [-0.3, -0.25) is 4.79 Å². The second-order valence-corrected chi connectivity index (χ2v) is 8.34. The van der Waals surface area contributed by atoms with Gasteiger partial charge in [-0.25, -0.2) is 0 Å². The summed E-state index contributed by atoms with van der Waals surface area (Å²) in [5, 5.41) is 2.57. The van der Waals surface area contributed by atoms with Crippen LogP contribution in [-0.2, 0) is 26.6 Å². The Balaban J connectivity index is 0.000000437. The summed E-state index contributed by atoms with van der Waals surface area (Å²) < 4.78 is 4.84. The van der Waals surface area contributed by atoms with Crippen LogP contribution in [0, 0.1) is 62.9 Å². The third kappa shape index (κ3) is 7.25. The van der Waals surface area contributed by atoms with Crippen molar-refractivity contribution >= 4 is 24.5 Å². The van der Waals surface area contributed by atoms with Gasteiger partial charge in [0.1, 0.15) is 0 Å². The molecule has 2 aliphatic rings. The van der Waals surface area contributed by atoms with Crippen LogP contribution in [0.3, 0.4) is 0 Å². The Morgan fingerprint density at radius 3 is 1.69 bits per heavy atom. The van der Waals surface area contributed by atoms with Gasteiger partial charge >= 0.3 is 23.0 Å². The smallest absolute Gasteiger partial charge is 0.469 e. The molecule has 0 heterocycles. The summed E-state index contributed by atoms with van der Waals surface area (Å²) in [5.74, 6) is 0.851. The van der Waals surface area contributed by atoms with E-state index in [1.165, 1.54) is 23.4 Å². The molecule has 0 aliphatic heterocycles. The summed E-state index contributed by atoms with van der Waals surface area (Å²) in [4.78, 5) is 11.7. The Morgan fingerprint density at radius 1 is 0.759 bits per heavy atom. The van der Waals surface area contributed by atoms with E-state index in [0.29, 0.717) is 6.42 Å². The quantitative estimate of drug-likeness (QED) is 0.389. The first-order valence-electron chi connectivity index (χ1n) is 9.18. The molecular formula is C25H23FeO2P+2. The van der Waals surface area contributed by atoms with Crippen molar-refractivity contribution in [1.29, 1.82) is 0 Å². The second kappa shape index (κ2) is 13.2. The number of esters is 1. The van der Waals surface area contributed by atoms with Gasteiger partial charge in [-0.1, -0.05) is 60.7 Å². The minimum Gasteiger partial charge on any atom is -0.469 e. The van der Waals surface area contributed by atoms with Gasteiger partial charge in [-0.15, -0.1) is 0 Å². The average Bonchev–Trinajstić information content (AvgIpc) is 3.46. The average molecular weight is 442 g/mol. The van der Waals surface area contributed by atoms with E-state index in [1.54, 1.807) is 0 Å². The van der Waals surface area contributed by atoms with Crippen LogP contribution in [-0.4, -0.2) is 13.1 Å². The molecule has 2 aromatic rings. The zero-order valence-electron chi connectivity index (χ0n) is 16.2. The Bertz CT molecular complexity index is 656. The van der Waals surface area contributed by atoms with Crippen LogP contribution in [0.15, 0.2) is 60.7 Å². The van der Waals surface area contributed by atoms with Gasteiger partial charge < -0.3 is 4.74 Å². The molecule has 4 rings (SSSR count). The van der Waals surface area contributed by atoms with Gasteiger partial charge in [-0.2, -0.15) is 0 Å². The number of ether oxygens (including phenoxy) is 1. The first kappa shape index (κ1) is 24.1. The fourth-order valence-corrected chi connectivity index (χ4v) is 5.42. The molecule has 0 N–H and O–H groups in total. The largest absolute Gasteiger partial charge is 2.00 e. The van der Waals surface area contributed by atoms with Gasteiger partial charge in [0.2, 0.25) is 0 Å². The molecule has 0 atom stereocenters. The van der Waals surface area contributed by atoms with Crippen molar-refractivity contribution in [3.8, 4) is 0 Å². The normalized spacial score (nSPS) is 16.8. The van der Waals surface area contributed by atoms with E-state index in [2.05, 4.69) is 55.0 Å². The molecule has 0 unspecified atom stereocenters. The molecular weight excluding hydrogens is 419 g/mol. The minimum atomic E-state index is -0.673. The van der Waals surface area contributed by atoms with E-state index in [-0.39, 0.29) is 23.0 Å². The number of benzene rings is 2. The summed E-state index contributed by atoms with van der Waals surface area (Å²) in [7, 11) is 0.760. The summed E-state index contributed by atoms with van der Waals surface area (Å²) in [6.45, 7) is 0. The van der Waals surface area contributed by atoms with Gasteiger partial charge in [0.25, 0.3) is 0 Å². The summed E-state index contributed by atoms with van der Waals surface area (Å²) >= 11 is 0. The maximum absolute atomic E-state index is 11.7. The molecule has 2 aliphatic carbocycles. The van der Waals surface area contributed by atoms with Crippen molar-refractivity contribution in [2.45, 2.75) is 6.42 Å². The number of methoxy groups -OCH3 is 1. The van der Waals surface area contributed by atoms with Gasteiger partial charge in [0, 0.05) is 11.6 Å². The van der Waals surface area contributed by atoms with Crippen LogP contribution < -0.4 is 10.6 Å². The molecule has 2 nitrogen and oxygen atoms in total. The molecule has 29 heavy (non-hydrogen) atoms. The zero-order chi connectivity index (χ0) is 19.6. The molecule has 2 aromatic carbocycles. The maximum atomic E-state index is 11.7. The van der Waals surface area contributed by atoms with E-state index in [1.807, 2.05) is 57.1 Å². The van der Waals surface area contributed by atoms with Crippen molar-refractivity contribution in [3.63, 3.8) is 0 Å². The van der Waals surface area contributed by atoms with E-state index in [4.69, 9.17) is 4.74 Å². The molecule has 4 heteroatoms. The van der Waals surface area contributed by atoms with Crippen molar-refractivity contribution < 1.29 is 26.6 Å². The molecule has 0 saturated heterocycles. The van der Waals surface area contributed by atoms with E-state index >= 15 is 0 Å². The van der Waals surface area contributed by atoms with Crippen molar-refractivity contribution in [2.75, 3.05) is 7.11 Å². The van der Waals surface area contributed by atoms with Gasteiger partial charge in [0.15, 0.2) is 0 Å². The molecule has 2 saturated carbocycles. The van der Waals surface area contributed by atoms with Gasteiger partial charge in [-0.05, 0) is 69.9 Å². The number of hydrogen-bond donors (Lipinski definition) is 0. The second-order valence-electron chi connectivity index (χ2n) is 6.16. The third-order valence-electron chi connectivity index (χ3n) is 4.27. The van der Waals surface area contributed by atoms with Crippen molar-refractivity contribution in [2.24, 2.45) is 0 Å². The summed E-state index contributed by atoms with van der Waals surface area (Å²) in [6, 6.07) is 21.0. The fourth-order valence-electron chi connectivity index (χ4n) is 2.95. The minimum absolute atomic E-state index is 0. The molecule has 0 bridgehead atoms. The Hall–Kier alpha value is -1.14. The Kier molecular flexibility index (Phi) is 11.0. The van der Waals surface area contributed by atoms with Crippen molar-refractivity contribution in [3.05, 3.63) is 124 Å². The molecule has 0 aromatic heterocycles. The molecule has 0 spiro atoms. The van der Waals surface area contributed by atoms with Crippen LogP contribution in [0.5, 0.6) is 0 Å². The van der Waals surface area contributed by atoms with Crippen LogP contribution in [0.25, 0.3) is 0 Å². The molecule has 10 radical (unpaired) electrons. The van der Waals surface area contributed by atoms with Crippen LogP contribution in [0.2, 0.25) is 0 Å². The number of rotatable bonds is 5. The van der Waals surface area contributed by atoms with Crippen LogP contribution in [0.1, 0.15) is 6.42 Å². The van der Waals surface area contributed by atoms with Crippen LogP contribution >= 0.6 is 7.92 Å². The fraction of sp³-hybridized carbons (Fsp3) is 0.0800. The zero-order valence-corrected chi connectivity index (χ0v) is 18.2.